The highest BCUT2D eigenvalue weighted by atomic mass is 35.5. The molecule has 1 aromatic carbocycles. The van der Waals surface area contributed by atoms with E-state index in [0.717, 1.165) is 5.69 Å². The van der Waals surface area contributed by atoms with Gasteiger partial charge < -0.3 is 5.32 Å². The summed E-state index contributed by atoms with van der Waals surface area (Å²) in [6.45, 7) is 1.87. The average molecular weight is 284 g/mol. The van der Waals surface area contributed by atoms with Crippen LogP contribution in [0.5, 0.6) is 0 Å². The van der Waals surface area contributed by atoms with E-state index in [0.29, 0.717) is 21.4 Å². The lowest BCUT2D eigenvalue weighted by Crippen LogP contribution is -2.13. The van der Waals surface area contributed by atoms with Gasteiger partial charge in [-0.2, -0.15) is 5.10 Å². The molecule has 0 unspecified atom stereocenters. The van der Waals surface area contributed by atoms with E-state index in [4.69, 9.17) is 23.2 Å². The van der Waals surface area contributed by atoms with Crippen molar-refractivity contribution in [3.63, 3.8) is 0 Å². The molecule has 1 heterocycles. The van der Waals surface area contributed by atoms with Crippen molar-refractivity contribution >= 4 is 34.8 Å². The second-order valence-electron chi connectivity index (χ2n) is 3.87. The third-order valence-electron chi connectivity index (χ3n) is 2.52. The molecule has 1 amide bonds. The summed E-state index contributed by atoms with van der Waals surface area (Å²) >= 11 is 11.8. The maximum atomic E-state index is 12.0. The summed E-state index contributed by atoms with van der Waals surface area (Å²) in [4.78, 5) is 12.0. The molecule has 2 aromatic rings. The first-order valence-corrected chi connectivity index (χ1v) is 6.00. The number of hydrogen-bond acceptors (Lipinski definition) is 2. The highest BCUT2D eigenvalue weighted by Gasteiger charge is 2.12. The standard InChI is InChI=1S/C12H11Cl2N3O/c1-7-5-11(16-17(7)2)12(18)15-10-6-8(13)3-4-9(10)14/h3-6H,1-2H3,(H,15,18). The van der Waals surface area contributed by atoms with Crippen molar-refractivity contribution in [1.82, 2.24) is 9.78 Å². The quantitative estimate of drug-likeness (QED) is 0.919. The minimum Gasteiger partial charge on any atom is -0.319 e. The van der Waals surface area contributed by atoms with E-state index in [1.807, 2.05) is 6.92 Å². The fraction of sp³-hybridized carbons (Fsp3) is 0.167. The number of aromatic nitrogens is 2. The van der Waals surface area contributed by atoms with Crippen LogP contribution in [0, 0.1) is 6.92 Å². The molecule has 0 aliphatic carbocycles. The SMILES string of the molecule is Cc1cc(C(=O)Nc2cc(Cl)ccc2Cl)nn1C. The molecule has 1 N–H and O–H groups in total. The lowest BCUT2D eigenvalue weighted by molar-refractivity contribution is 0.102. The molecule has 1 aromatic heterocycles. The van der Waals surface area contributed by atoms with Crippen molar-refractivity contribution in [2.75, 3.05) is 5.32 Å². The van der Waals surface area contributed by atoms with Gasteiger partial charge in [0.1, 0.15) is 0 Å². The molecule has 4 nitrogen and oxygen atoms in total. The predicted octanol–water partition coefficient (Wildman–Crippen LogP) is 3.29. The minimum absolute atomic E-state index is 0.317. The Morgan fingerprint density at radius 3 is 2.67 bits per heavy atom. The number of nitrogens with zero attached hydrogens (tertiary/aromatic N) is 2. The molecule has 0 fully saturated rings. The van der Waals surface area contributed by atoms with Gasteiger partial charge in [0.05, 0.1) is 10.7 Å². The normalized spacial score (nSPS) is 10.4. The summed E-state index contributed by atoms with van der Waals surface area (Å²) in [5.74, 6) is -0.317. The monoisotopic (exact) mass is 283 g/mol. The Morgan fingerprint density at radius 1 is 1.33 bits per heavy atom. The summed E-state index contributed by atoms with van der Waals surface area (Å²) in [5, 5.41) is 7.70. The first-order chi connectivity index (χ1) is 8.47. The van der Waals surface area contributed by atoms with E-state index < -0.39 is 0 Å². The van der Waals surface area contributed by atoms with E-state index in [1.165, 1.54) is 0 Å². The highest BCUT2D eigenvalue weighted by molar-refractivity contribution is 6.35. The Morgan fingerprint density at radius 2 is 2.06 bits per heavy atom. The summed E-state index contributed by atoms with van der Waals surface area (Å²) in [6, 6.07) is 6.58. The van der Waals surface area contributed by atoms with Crippen molar-refractivity contribution in [2.24, 2.45) is 7.05 Å². The third-order valence-corrected chi connectivity index (χ3v) is 3.09. The number of amides is 1. The van der Waals surface area contributed by atoms with Crippen LogP contribution in [0.1, 0.15) is 16.2 Å². The van der Waals surface area contributed by atoms with Gasteiger partial charge in [-0.25, -0.2) is 0 Å². The van der Waals surface area contributed by atoms with E-state index in [2.05, 4.69) is 10.4 Å². The van der Waals surface area contributed by atoms with E-state index in [9.17, 15) is 4.79 Å². The lowest BCUT2D eigenvalue weighted by Gasteiger charge is -2.05. The topological polar surface area (TPSA) is 46.9 Å². The third kappa shape index (κ3) is 2.66. The highest BCUT2D eigenvalue weighted by Crippen LogP contribution is 2.25. The zero-order valence-electron chi connectivity index (χ0n) is 9.87. The fourth-order valence-electron chi connectivity index (χ4n) is 1.45. The van der Waals surface area contributed by atoms with Gasteiger partial charge in [0, 0.05) is 17.8 Å². The van der Waals surface area contributed by atoms with Crippen LogP contribution in [-0.2, 0) is 7.05 Å². The number of hydrogen-bond donors (Lipinski definition) is 1. The van der Waals surface area contributed by atoms with Gasteiger partial charge in [-0.3, -0.25) is 9.48 Å². The first-order valence-electron chi connectivity index (χ1n) is 5.24. The number of carbonyl (C=O) groups excluding carboxylic acids is 1. The number of anilines is 1. The Hall–Kier alpha value is -1.52. The molecule has 0 saturated carbocycles. The summed E-state index contributed by atoms with van der Waals surface area (Å²) in [5.41, 5.74) is 1.71. The molecule has 0 saturated heterocycles. The second-order valence-corrected chi connectivity index (χ2v) is 4.72. The molecular weight excluding hydrogens is 273 g/mol. The second kappa shape index (κ2) is 5.00. The fourth-order valence-corrected chi connectivity index (χ4v) is 1.79. The summed E-state index contributed by atoms with van der Waals surface area (Å²) in [6.07, 6.45) is 0. The van der Waals surface area contributed by atoms with Crippen LogP contribution in [0.4, 0.5) is 5.69 Å². The van der Waals surface area contributed by atoms with Gasteiger partial charge in [-0.15, -0.1) is 0 Å². The molecule has 2 rings (SSSR count). The summed E-state index contributed by atoms with van der Waals surface area (Å²) in [7, 11) is 1.78. The van der Waals surface area contributed by atoms with Crippen molar-refractivity contribution in [1.29, 1.82) is 0 Å². The Balaban J connectivity index is 2.23. The van der Waals surface area contributed by atoms with Crippen molar-refractivity contribution in [3.05, 3.63) is 45.7 Å². The number of rotatable bonds is 2. The molecule has 0 bridgehead atoms. The number of carbonyl (C=O) groups is 1. The van der Waals surface area contributed by atoms with Crippen LogP contribution in [-0.4, -0.2) is 15.7 Å². The minimum atomic E-state index is -0.317. The zero-order valence-corrected chi connectivity index (χ0v) is 11.4. The predicted molar refractivity (Wildman–Crippen MR) is 72.4 cm³/mol. The number of aryl methyl sites for hydroxylation is 2. The van der Waals surface area contributed by atoms with Crippen LogP contribution in [0.2, 0.25) is 10.0 Å². The maximum Gasteiger partial charge on any atom is 0.276 e. The smallest absolute Gasteiger partial charge is 0.276 e. The number of halogens is 2. The first kappa shape index (κ1) is 12.9. The van der Waals surface area contributed by atoms with Crippen LogP contribution >= 0.6 is 23.2 Å². The van der Waals surface area contributed by atoms with Gasteiger partial charge in [-0.05, 0) is 31.2 Å². The van der Waals surface area contributed by atoms with Crippen molar-refractivity contribution in [2.45, 2.75) is 6.92 Å². The van der Waals surface area contributed by atoms with Crippen LogP contribution in [0.3, 0.4) is 0 Å². The number of nitrogens with one attached hydrogen (secondary N) is 1. The van der Waals surface area contributed by atoms with Crippen LogP contribution in [0.15, 0.2) is 24.3 Å². The zero-order chi connectivity index (χ0) is 13.3. The molecule has 94 valence electrons. The van der Waals surface area contributed by atoms with Crippen LogP contribution in [0.25, 0.3) is 0 Å². The van der Waals surface area contributed by atoms with E-state index in [1.54, 1.807) is 36.0 Å². The van der Waals surface area contributed by atoms with E-state index >= 15 is 0 Å². The Kier molecular flexibility index (Phi) is 3.59. The number of benzene rings is 1. The van der Waals surface area contributed by atoms with Gasteiger partial charge in [-0.1, -0.05) is 23.2 Å². The molecule has 0 radical (unpaired) electrons. The molecule has 18 heavy (non-hydrogen) atoms. The van der Waals surface area contributed by atoms with Gasteiger partial charge in [0.2, 0.25) is 0 Å². The van der Waals surface area contributed by atoms with Crippen molar-refractivity contribution in [3.8, 4) is 0 Å². The largest absolute Gasteiger partial charge is 0.319 e. The Labute approximate surface area is 115 Å². The molecule has 0 aliphatic rings. The van der Waals surface area contributed by atoms with Gasteiger partial charge in [0.15, 0.2) is 5.69 Å². The molecule has 6 heteroatoms. The lowest BCUT2D eigenvalue weighted by atomic mass is 10.3. The van der Waals surface area contributed by atoms with Crippen LogP contribution < -0.4 is 5.32 Å². The van der Waals surface area contributed by atoms with Crippen molar-refractivity contribution < 1.29 is 4.79 Å². The van der Waals surface area contributed by atoms with Gasteiger partial charge >= 0.3 is 0 Å². The Bertz CT molecular complexity index is 588. The maximum absolute atomic E-state index is 12.0. The average Bonchev–Trinajstić information content (AvgIpc) is 2.64. The van der Waals surface area contributed by atoms with E-state index in [-0.39, 0.29) is 5.91 Å². The molecule has 0 spiro atoms. The molecular formula is C12H11Cl2N3O. The molecule has 0 aliphatic heterocycles. The summed E-state index contributed by atoms with van der Waals surface area (Å²) < 4.78 is 1.63. The molecule has 0 atom stereocenters. The van der Waals surface area contributed by atoms with Gasteiger partial charge in [0.25, 0.3) is 5.91 Å².